The summed E-state index contributed by atoms with van der Waals surface area (Å²) in [5.41, 5.74) is 12.8. The Morgan fingerprint density at radius 3 is 2.56 bits per heavy atom. The number of rotatable bonds is 13. The Balaban J connectivity index is 1.61. The Bertz CT molecular complexity index is 1720. The highest BCUT2D eigenvalue weighted by Crippen LogP contribution is 2.44. The molecule has 9 nitrogen and oxygen atoms in total. The lowest BCUT2D eigenvalue weighted by Gasteiger charge is -2.32. The van der Waals surface area contributed by atoms with Crippen molar-refractivity contribution in [1.82, 2.24) is 5.32 Å². The summed E-state index contributed by atoms with van der Waals surface area (Å²) in [4.78, 5) is 22.7. The van der Waals surface area contributed by atoms with Crippen LogP contribution in [0.5, 0.6) is 5.75 Å². The molecule has 230 valence electrons. The fourth-order valence-electron chi connectivity index (χ4n) is 5.39. The molecule has 4 aromatic rings. The summed E-state index contributed by atoms with van der Waals surface area (Å²) in [6, 6.07) is 30.6. The molecule has 0 fully saturated rings. The molecule has 0 aromatic heterocycles. The minimum atomic E-state index is -1.41. The molecule has 10 heteroatoms. The van der Waals surface area contributed by atoms with Crippen molar-refractivity contribution in [2.24, 2.45) is 10.1 Å². The van der Waals surface area contributed by atoms with E-state index in [1.165, 1.54) is 0 Å². The molecule has 0 spiro atoms. The zero-order chi connectivity index (χ0) is 31.6. The second-order valence-electron chi connectivity index (χ2n) is 10.8. The number of hydrogen-bond donors (Lipinski definition) is 2. The summed E-state index contributed by atoms with van der Waals surface area (Å²) in [7, 11) is 0. The number of aliphatic hydroxyl groups is 1. The maximum atomic E-state index is 14.6. The fourth-order valence-corrected chi connectivity index (χ4v) is 5.82. The Hall–Kier alpha value is -4.63. The second kappa shape index (κ2) is 14.9. The summed E-state index contributed by atoms with van der Waals surface area (Å²) in [5, 5.41) is 16.1. The monoisotopic (exact) mass is 667 g/mol. The predicted octanol–water partition coefficient (Wildman–Crippen LogP) is 7.15. The SMILES string of the molecule is Cc1cccc(CNC(=O)[C@]2(Cc3ccccc3Br)N=C(c3ccc(OCCCO)cc3)O[C@@H]2c2ccccc2CN=[N+]=[N-])c1. The first-order chi connectivity index (χ1) is 21.9. The number of aliphatic imine (C=N–C) groups is 1. The number of hydrogen-bond acceptors (Lipinski definition) is 6. The van der Waals surface area contributed by atoms with Gasteiger partial charge in [0.25, 0.3) is 5.91 Å². The highest BCUT2D eigenvalue weighted by molar-refractivity contribution is 9.10. The van der Waals surface area contributed by atoms with E-state index in [4.69, 9.17) is 25.1 Å². The van der Waals surface area contributed by atoms with Gasteiger partial charge in [0.2, 0.25) is 5.90 Å². The van der Waals surface area contributed by atoms with E-state index in [0.717, 1.165) is 26.7 Å². The Labute approximate surface area is 270 Å². The summed E-state index contributed by atoms with van der Waals surface area (Å²) < 4.78 is 13.2. The number of azide groups is 1. The standard InChI is InChI=1S/C35H34BrN5O4/c1-24-8-6-9-25(20-24)22-38-34(43)35(21-27-10-3-5-13-31(27)36)32(30-12-4-2-11-28(30)23-39-41-37)45-33(40-35)26-14-16-29(17-15-26)44-19-7-18-42/h2-6,8-17,20,32,42H,7,18-19,21-23H2,1H3,(H,38,43)/t32-,35-/m1/s1. The average molecular weight is 669 g/mol. The number of aryl methyl sites for hydroxylation is 1. The van der Waals surface area contributed by atoms with Crippen LogP contribution in [0.15, 0.2) is 112 Å². The van der Waals surface area contributed by atoms with Crippen molar-refractivity contribution in [2.75, 3.05) is 13.2 Å². The predicted molar refractivity (Wildman–Crippen MR) is 177 cm³/mol. The van der Waals surface area contributed by atoms with E-state index in [1.54, 1.807) is 0 Å². The van der Waals surface area contributed by atoms with Crippen LogP contribution in [0.2, 0.25) is 0 Å². The second-order valence-corrected chi connectivity index (χ2v) is 11.7. The lowest BCUT2D eigenvalue weighted by molar-refractivity contribution is -0.129. The molecule has 1 aliphatic rings. The van der Waals surface area contributed by atoms with E-state index in [9.17, 15) is 4.79 Å². The topological polar surface area (TPSA) is 129 Å². The van der Waals surface area contributed by atoms with E-state index in [-0.39, 0.29) is 25.5 Å². The maximum absolute atomic E-state index is 14.6. The van der Waals surface area contributed by atoms with Crippen molar-refractivity contribution in [3.05, 3.63) is 145 Å². The number of nitrogens with one attached hydrogen (secondary N) is 1. The summed E-state index contributed by atoms with van der Waals surface area (Å²) >= 11 is 3.67. The third-order valence-corrected chi connectivity index (χ3v) is 8.40. The van der Waals surface area contributed by atoms with Gasteiger partial charge in [-0.2, -0.15) is 0 Å². The number of nitrogens with zero attached hydrogens (tertiary/aromatic N) is 4. The number of amides is 1. The van der Waals surface area contributed by atoms with Crippen molar-refractivity contribution in [1.29, 1.82) is 0 Å². The van der Waals surface area contributed by atoms with Gasteiger partial charge in [-0.05, 0) is 65.0 Å². The van der Waals surface area contributed by atoms with E-state index < -0.39 is 11.6 Å². The van der Waals surface area contributed by atoms with Gasteiger partial charge in [0.05, 0.1) is 13.2 Å². The first kappa shape index (κ1) is 31.8. The van der Waals surface area contributed by atoms with Gasteiger partial charge < -0.3 is 19.9 Å². The normalized spacial score (nSPS) is 17.1. The van der Waals surface area contributed by atoms with Gasteiger partial charge in [0.1, 0.15) is 5.75 Å². The van der Waals surface area contributed by atoms with Crippen LogP contribution in [0.25, 0.3) is 10.4 Å². The summed E-state index contributed by atoms with van der Waals surface area (Å²) in [6.07, 6.45) is -0.0628. The molecule has 1 amide bonds. The van der Waals surface area contributed by atoms with Crippen LogP contribution in [0.1, 0.15) is 45.9 Å². The molecule has 2 atom stereocenters. The highest BCUT2D eigenvalue weighted by atomic mass is 79.9. The van der Waals surface area contributed by atoms with E-state index in [1.807, 2.05) is 104 Å². The van der Waals surface area contributed by atoms with Crippen LogP contribution in [0.3, 0.4) is 0 Å². The summed E-state index contributed by atoms with van der Waals surface area (Å²) in [6.45, 7) is 2.87. The molecule has 4 aromatic carbocycles. The smallest absolute Gasteiger partial charge is 0.252 e. The summed E-state index contributed by atoms with van der Waals surface area (Å²) in [5.74, 6) is 0.679. The third kappa shape index (κ3) is 7.54. The van der Waals surface area contributed by atoms with Crippen LogP contribution >= 0.6 is 15.9 Å². The Morgan fingerprint density at radius 1 is 1.07 bits per heavy atom. The van der Waals surface area contributed by atoms with Crippen molar-refractivity contribution in [2.45, 2.75) is 44.5 Å². The van der Waals surface area contributed by atoms with Gasteiger partial charge in [-0.25, -0.2) is 4.99 Å². The molecular weight excluding hydrogens is 634 g/mol. The Morgan fingerprint density at radius 2 is 1.82 bits per heavy atom. The van der Waals surface area contributed by atoms with Crippen LogP contribution in [-0.4, -0.2) is 35.7 Å². The van der Waals surface area contributed by atoms with E-state index in [2.05, 4.69) is 31.3 Å². The minimum Gasteiger partial charge on any atom is -0.494 e. The van der Waals surface area contributed by atoms with Gasteiger partial charge in [-0.15, -0.1) is 0 Å². The minimum absolute atomic E-state index is 0.0524. The van der Waals surface area contributed by atoms with Gasteiger partial charge in [-0.3, -0.25) is 4.79 Å². The zero-order valence-electron chi connectivity index (χ0n) is 24.9. The highest BCUT2D eigenvalue weighted by Gasteiger charge is 2.54. The molecular formula is C35H34BrN5O4. The van der Waals surface area contributed by atoms with Crippen LogP contribution < -0.4 is 10.1 Å². The molecule has 45 heavy (non-hydrogen) atoms. The molecule has 0 aliphatic carbocycles. The molecule has 0 unspecified atom stereocenters. The molecule has 0 radical (unpaired) electrons. The fraction of sp³-hybridized carbons (Fsp3) is 0.257. The largest absolute Gasteiger partial charge is 0.494 e. The van der Waals surface area contributed by atoms with Crippen LogP contribution in [-0.2, 0) is 29.0 Å². The molecule has 1 heterocycles. The van der Waals surface area contributed by atoms with Crippen molar-refractivity contribution < 1.29 is 19.4 Å². The first-order valence-corrected chi connectivity index (χ1v) is 15.5. The number of aliphatic hydroxyl groups excluding tert-OH is 1. The maximum Gasteiger partial charge on any atom is 0.252 e. The molecule has 0 saturated heterocycles. The van der Waals surface area contributed by atoms with Gasteiger partial charge >= 0.3 is 0 Å². The number of benzene rings is 4. The van der Waals surface area contributed by atoms with Crippen molar-refractivity contribution in [3.63, 3.8) is 0 Å². The Kier molecular flexibility index (Phi) is 10.5. The molecule has 0 bridgehead atoms. The van der Waals surface area contributed by atoms with Gasteiger partial charge in [0, 0.05) is 40.9 Å². The average Bonchev–Trinajstić information content (AvgIpc) is 3.44. The van der Waals surface area contributed by atoms with Gasteiger partial charge in [-0.1, -0.05) is 93.3 Å². The third-order valence-electron chi connectivity index (χ3n) is 7.63. The lowest BCUT2D eigenvalue weighted by Crippen LogP contribution is -2.50. The van der Waals surface area contributed by atoms with Crippen molar-refractivity contribution >= 4 is 27.7 Å². The first-order valence-electron chi connectivity index (χ1n) is 14.7. The van der Waals surface area contributed by atoms with Crippen molar-refractivity contribution in [3.8, 4) is 5.75 Å². The van der Waals surface area contributed by atoms with E-state index >= 15 is 0 Å². The molecule has 2 N–H and O–H groups in total. The zero-order valence-corrected chi connectivity index (χ0v) is 26.5. The molecule has 0 saturated carbocycles. The number of ether oxygens (including phenoxy) is 2. The number of carbonyl (C=O) groups excluding carboxylic acids is 1. The molecule has 1 aliphatic heterocycles. The quantitative estimate of drug-likeness (QED) is 0.0679. The number of carbonyl (C=O) groups is 1. The molecule has 5 rings (SSSR count). The lowest BCUT2D eigenvalue weighted by atomic mass is 9.80. The number of halogens is 1. The van der Waals surface area contributed by atoms with Crippen LogP contribution in [0, 0.1) is 6.92 Å². The van der Waals surface area contributed by atoms with E-state index in [0.29, 0.717) is 42.3 Å². The van der Waals surface area contributed by atoms with Gasteiger partial charge in [0.15, 0.2) is 11.6 Å². The van der Waals surface area contributed by atoms with Crippen LogP contribution in [0.4, 0.5) is 0 Å².